The van der Waals surface area contributed by atoms with Crippen molar-refractivity contribution in [2.75, 3.05) is 5.73 Å². The molecular weight excluding hydrogens is 381 g/mol. The van der Waals surface area contributed by atoms with Crippen LogP contribution < -0.4 is 15.8 Å². The molecule has 0 aromatic heterocycles. The van der Waals surface area contributed by atoms with Crippen molar-refractivity contribution in [1.82, 2.24) is 5.32 Å². The maximum absolute atomic E-state index is 12.7. The Morgan fingerprint density at radius 1 is 1.26 bits per heavy atom. The van der Waals surface area contributed by atoms with Gasteiger partial charge in [-0.15, -0.1) is 0 Å². The van der Waals surface area contributed by atoms with Gasteiger partial charge in [0, 0.05) is 6.04 Å². The molecule has 0 aliphatic heterocycles. The maximum Gasteiger partial charge on any atom is 0.391 e. The van der Waals surface area contributed by atoms with Crippen LogP contribution in [0.4, 0.5) is 33.3 Å². The topological polar surface area (TPSA) is 107 Å². The van der Waals surface area contributed by atoms with Crippen LogP contribution in [0.25, 0.3) is 0 Å². The molecule has 0 unspecified atom stereocenters. The number of hydrogen-bond acceptors (Lipinski definition) is 5. The average molecular weight is 397 g/mol. The van der Waals surface area contributed by atoms with E-state index >= 15 is 0 Å². The highest BCUT2D eigenvalue weighted by atomic mass is 19.4. The molecule has 0 saturated heterocycles. The number of amides is 1. The Labute approximate surface area is 149 Å². The molecule has 0 heterocycles. The minimum absolute atomic E-state index is 0.0589. The number of nitrogens with zero attached hydrogens (tertiary/aromatic N) is 1. The van der Waals surface area contributed by atoms with E-state index in [2.05, 4.69) is 10.1 Å². The summed E-state index contributed by atoms with van der Waals surface area (Å²) in [5.41, 5.74) is 3.86. The molecule has 1 saturated carbocycles. The number of halogens is 5. The molecule has 3 N–H and O–H groups in total. The number of benzene rings is 1. The van der Waals surface area contributed by atoms with E-state index < -0.39 is 58.3 Å². The van der Waals surface area contributed by atoms with Crippen LogP contribution in [0.3, 0.4) is 0 Å². The van der Waals surface area contributed by atoms with E-state index in [1.807, 2.05) is 0 Å². The molecule has 0 atom stereocenters. The van der Waals surface area contributed by atoms with E-state index in [9.17, 15) is 36.9 Å². The van der Waals surface area contributed by atoms with Gasteiger partial charge in [0.15, 0.2) is 0 Å². The predicted molar refractivity (Wildman–Crippen MR) is 83.4 cm³/mol. The van der Waals surface area contributed by atoms with Gasteiger partial charge in [-0.1, -0.05) is 0 Å². The zero-order chi connectivity index (χ0) is 20.4. The van der Waals surface area contributed by atoms with E-state index in [4.69, 9.17) is 5.73 Å². The SMILES string of the molecule is Nc1cc(C(=O)NC2CCC(C(F)(F)F)CC2)c(OC(F)F)cc1[N+](=O)[O-]. The molecule has 27 heavy (non-hydrogen) atoms. The molecule has 7 nitrogen and oxygen atoms in total. The highest BCUT2D eigenvalue weighted by Crippen LogP contribution is 2.38. The summed E-state index contributed by atoms with van der Waals surface area (Å²) in [6, 6.07) is 0.843. The smallest absolute Gasteiger partial charge is 0.391 e. The Kier molecular flexibility index (Phi) is 6.06. The lowest BCUT2D eigenvalue weighted by molar-refractivity contribution is -0.384. The summed E-state index contributed by atoms with van der Waals surface area (Å²) in [6.45, 7) is -3.35. The predicted octanol–water partition coefficient (Wildman–Crippen LogP) is 3.63. The van der Waals surface area contributed by atoms with Gasteiger partial charge in [0.25, 0.3) is 11.6 Å². The monoisotopic (exact) mass is 397 g/mol. The lowest BCUT2D eigenvalue weighted by atomic mass is 9.85. The Balaban J connectivity index is 2.16. The molecule has 0 radical (unpaired) electrons. The second-order valence-electron chi connectivity index (χ2n) is 6.11. The van der Waals surface area contributed by atoms with E-state index in [1.165, 1.54) is 0 Å². The molecular formula is C15H16F5N3O4. The largest absolute Gasteiger partial charge is 0.434 e. The van der Waals surface area contributed by atoms with Gasteiger partial charge in [0.05, 0.1) is 22.5 Å². The fourth-order valence-electron chi connectivity index (χ4n) is 2.94. The first kappa shape index (κ1) is 20.6. The van der Waals surface area contributed by atoms with Crippen LogP contribution >= 0.6 is 0 Å². The van der Waals surface area contributed by atoms with Gasteiger partial charge >= 0.3 is 12.8 Å². The minimum Gasteiger partial charge on any atom is -0.434 e. The third-order valence-corrected chi connectivity index (χ3v) is 4.31. The Bertz CT molecular complexity index is 718. The fraction of sp³-hybridized carbons (Fsp3) is 0.533. The van der Waals surface area contributed by atoms with Gasteiger partial charge in [0.1, 0.15) is 11.4 Å². The third kappa shape index (κ3) is 5.17. The van der Waals surface area contributed by atoms with Gasteiger partial charge in [0.2, 0.25) is 0 Å². The number of rotatable bonds is 5. The van der Waals surface area contributed by atoms with Crippen LogP contribution in [-0.2, 0) is 0 Å². The second-order valence-corrected chi connectivity index (χ2v) is 6.11. The summed E-state index contributed by atoms with van der Waals surface area (Å²) in [5, 5.41) is 13.3. The number of nitrogens with two attached hydrogens (primary N) is 1. The van der Waals surface area contributed by atoms with E-state index in [0.717, 1.165) is 6.07 Å². The summed E-state index contributed by atoms with van der Waals surface area (Å²) in [6.07, 6.45) is -4.53. The van der Waals surface area contributed by atoms with Gasteiger partial charge in [-0.2, -0.15) is 22.0 Å². The molecule has 1 aromatic rings. The second kappa shape index (κ2) is 7.92. The van der Waals surface area contributed by atoms with Crippen LogP contribution in [-0.4, -0.2) is 29.7 Å². The molecule has 1 aliphatic carbocycles. The van der Waals surface area contributed by atoms with Crippen molar-refractivity contribution in [3.63, 3.8) is 0 Å². The Morgan fingerprint density at radius 2 is 1.85 bits per heavy atom. The molecule has 1 amide bonds. The molecule has 1 aromatic carbocycles. The zero-order valence-electron chi connectivity index (χ0n) is 13.8. The highest BCUT2D eigenvalue weighted by molar-refractivity contribution is 5.99. The molecule has 1 fully saturated rings. The van der Waals surface area contributed by atoms with E-state index in [-0.39, 0.29) is 25.7 Å². The van der Waals surface area contributed by atoms with Crippen molar-refractivity contribution < 1.29 is 36.4 Å². The number of alkyl halides is 5. The Morgan fingerprint density at radius 3 is 2.33 bits per heavy atom. The van der Waals surface area contributed by atoms with Crippen LogP contribution in [0.2, 0.25) is 0 Å². The average Bonchev–Trinajstić information content (AvgIpc) is 2.55. The number of nitro benzene ring substituents is 1. The fourth-order valence-corrected chi connectivity index (χ4v) is 2.94. The number of carbonyl (C=O) groups is 1. The van der Waals surface area contributed by atoms with Crippen LogP contribution in [0.5, 0.6) is 5.75 Å². The number of nitrogens with one attached hydrogen (secondary N) is 1. The van der Waals surface area contributed by atoms with Crippen LogP contribution in [0, 0.1) is 16.0 Å². The van der Waals surface area contributed by atoms with Gasteiger partial charge in [-0.05, 0) is 31.7 Å². The van der Waals surface area contributed by atoms with Gasteiger partial charge in [-0.3, -0.25) is 14.9 Å². The molecule has 150 valence electrons. The first-order valence-corrected chi connectivity index (χ1v) is 7.89. The lowest BCUT2D eigenvalue weighted by Crippen LogP contribution is -2.40. The van der Waals surface area contributed by atoms with Crippen molar-refractivity contribution >= 4 is 17.3 Å². The Hall–Kier alpha value is -2.66. The number of ether oxygens (including phenoxy) is 1. The van der Waals surface area contributed by atoms with Crippen molar-refractivity contribution in [3.05, 3.63) is 27.8 Å². The van der Waals surface area contributed by atoms with Gasteiger partial charge < -0.3 is 15.8 Å². The van der Waals surface area contributed by atoms with E-state index in [0.29, 0.717) is 6.07 Å². The lowest BCUT2D eigenvalue weighted by Gasteiger charge is -2.30. The quantitative estimate of drug-likeness (QED) is 0.341. The molecule has 2 rings (SSSR count). The summed E-state index contributed by atoms with van der Waals surface area (Å²) >= 11 is 0. The number of nitro groups is 1. The van der Waals surface area contributed by atoms with Crippen molar-refractivity contribution in [1.29, 1.82) is 0 Å². The van der Waals surface area contributed by atoms with Gasteiger partial charge in [-0.25, -0.2) is 0 Å². The molecule has 1 aliphatic rings. The summed E-state index contributed by atoms with van der Waals surface area (Å²) in [7, 11) is 0. The zero-order valence-corrected chi connectivity index (χ0v) is 13.8. The van der Waals surface area contributed by atoms with E-state index in [1.54, 1.807) is 0 Å². The minimum atomic E-state index is -4.31. The number of nitrogen functional groups attached to an aromatic ring is 1. The highest BCUT2D eigenvalue weighted by Gasteiger charge is 2.41. The normalized spacial score (nSPS) is 20.4. The number of hydrogen-bond donors (Lipinski definition) is 2. The van der Waals surface area contributed by atoms with Crippen molar-refractivity contribution in [2.24, 2.45) is 5.92 Å². The number of carbonyl (C=O) groups excluding carboxylic acids is 1. The molecule has 12 heteroatoms. The van der Waals surface area contributed by atoms with Crippen LogP contribution in [0.1, 0.15) is 36.0 Å². The van der Waals surface area contributed by atoms with Crippen molar-refractivity contribution in [2.45, 2.75) is 44.5 Å². The first-order valence-electron chi connectivity index (χ1n) is 7.89. The summed E-state index contributed by atoms with van der Waals surface area (Å²) in [4.78, 5) is 22.3. The standard InChI is InChI=1S/C15H16F5N3O4/c16-14(17)27-12-6-11(23(25)26)10(21)5-9(12)13(24)22-8-3-1-7(2-4-8)15(18,19)20/h5-8,14H,1-4,21H2,(H,22,24). The van der Waals surface area contributed by atoms with Crippen LogP contribution in [0.15, 0.2) is 12.1 Å². The third-order valence-electron chi connectivity index (χ3n) is 4.31. The first-order chi connectivity index (χ1) is 12.5. The van der Waals surface area contributed by atoms with Crippen molar-refractivity contribution in [3.8, 4) is 5.75 Å². The number of anilines is 1. The molecule has 0 bridgehead atoms. The molecule has 0 spiro atoms. The summed E-state index contributed by atoms with van der Waals surface area (Å²) < 4.78 is 67.3. The maximum atomic E-state index is 12.7. The summed E-state index contributed by atoms with van der Waals surface area (Å²) in [5.74, 6) is -3.10.